The Morgan fingerprint density at radius 2 is 2.27 bits per heavy atom. The largest absolute Gasteiger partial charge is 0.380 e. The highest BCUT2D eigenvalue weighted by Gasteiger charge is 2.33. The number of methoxy groups -OCH3 is 1. The van der Waals surface area contributed by atoms with Gasteiger partial charge in [0.15, 0.2) is 0 Å². The molecular weight excluding hydrogens is 208 g/mol. The molecule has 4 heteroatoms. The van der Waals surface area contributed by atoms with Gasteiger partial charge in [0.1, 0.15) is 0 Å². The molecule has 2 aliphatic heterocycles. The molecule has 2 saturated heterocycles. The molecule has 88 valence electrons. The summed E-state index contributed by atoms with van der Waals surface area (Å²) in [5.74, 6) is 0. The topological polar surface area (TPSA) is 24.5 Å². The van der Waals surface area contributed by atoms with E-state index in [-0.39, 0.29) is 0 Å². The number of rotatable bonds is 3. The van der Waals surface area contributed by atoms with Crippen LogP contribution in [0.3, 0.4) is 0 Å². The maximum absolute atomic E-state index is 5.48. The lowest BCUT2D eigenvalue weighted by atomic mass is 10.1. The monoisotopic (exact) mass is 230 g/mol. The summed E-state index contributed by atoms with van der Waals surface area (Å²) in [6.07, 6.45) is 5.21. The molecular formula is C11H22N2OS. The highest BCUT2D eigenvalue weighted by atomic mass is 32.2. The van der Waals surface area contributed by atoms with Gasteiger partial charge in [0.25, 0.3) is 0 Å². The minimum absolute atomic E-state index is 0.460. The highest BCUT2D eigenvalue weighted by molar-refractivity contribution is 7.99. The fourth-order valence-corrected chi connectivity index (χ4v) is 3.57. The van der Waals surface area contributed by atoms with Crippen molar-refractivity contribution in [1.82, 2.24) is 10.2 Å². The summed E-state index contributed by atoms with van der Waals surface area (Å²) in [5, 5.41) is 4.26. The van der Waals surface area contributed by atoms with E-state index in [1.165, 1.54) is 25.9 Å². The van der Waals surface area contributed by atoms with Crippen LogP contribution in [-0.2, 0) is 4.74 Å². The van der Waals surface area contributed by atoms with Gasteiger partial charge in [0, 0.05) is 38.0 Å². The van der Waals surface area contributed by atoms with Crippen LogP contribution in [0.25, 0.3) is 0 Å². The van der Waals surface area contributed by atoms with Crippen LogP contribution in [-0.4, -0.2) is 61.8 Å². The van der Waals surface area contributed by atoms with Gasteiger partial charge >= 0.3 is 0 Å². The first-order chi connectivity index (χ1) is 7.35. The van der Waals surface area contributed by atoms with Crippen LogP contribution in [0.1, 0.15) is 12.8 Å². The van der Waals surface area contributed by atoms with Gasteiger partial charge in [-0.3, -0.25) is 4.90 Å². The molecule has 0 spiro atoms. The van der Waals surface area contributed by atoms with Crippen LogP contribution in [0.2, 0.25) is 0 Å². The van der Waals surface area contributed by atoms with E-state index >= 15 is 0 Å². The third-order valence-corrected chi connectivity index (χ3v) is 4.73. The van der Waals surface area contributed by atoms with E-state index in [1.807, 2.05) is 18.9 Å². The van der Waals surface area contributed by atoms with Crippen molar-refractivity contribution in [3.63, 3.8) is 0 Å². The van der Waals surface area contributed by atoms with Crippen molar-refractivity contribution in [2.45, 2.75) is 30.2 Å². The van der Waals surface area contributed by atoms with Gasteiger partial charge in [0.2, 0.25) is 0 Å². The minimum Gasteiger partial charge on any atom is -0.380 e. The first-order valence-corrected chi connectivity index (χ1v) is 7.14. The van der Waals surface area contributed by atoms with Crippen molar-refractivity contribution in [3.05, 3.63) is 0 Å². The van der Waals surface area contributed by atoms with Crippen molar-refractivity contribution < 1.29 is 4.74 Å². The van der Waals surface area contributed by atoms with Crippen molar-refractivity contribution in [2.24, 2.45) is 0 Å². The van der Waals surface area contributed by atoms with Crippen LogP contribution in [0.4, 0.5) is 0 Å². The SMILES string of the molecule is COC1CCCN(C2CNCC2SC)C1. The predicted octanol–water partition coefficient (Wildman–Crippen LogP) is 0.801. The van der Waals surface area contributed by atoms with Crippen molar-refractivity contribution in [1.29, 1.82) is 0 Å². The average Bonchev–Trinajstić information content (AvgIpc) is 2.77. The Hall–Kier alpha value is 0.230. The normalized spacial score (nSPS) is 38.4. The Labute approximate surface area is 96.9 Å². The van der Waals surface area contributed by atoms with Crippen LogP contribution >= 0.6 is 11.8 Å². The molecule has 2 rings (SSSR count). The molecule has 2 aliphatic rings. The maximum Gasteiger partial charge on any atom is 0.0698 e. The highest BCUT2D eigenvalue weighted by Crippen LogP contribution is 2.23. The summed E-state index contributed by atoms with van der Waals surface area (Å²) in [6, 6.07) is 0.720. The molecule has 3 nitrogen and oxygen atoms in total. The van der Waals surface area contributed by atoms with Crippen LogP contribution < -0.4 is 5.32 Å². The molecule has 0 amide bonds. The fourth-order valence-electron chi connectivity index (χ4n) is 2.71. The second-order valence-corrected chi connectivity index (χ2v) is 5.57. The fraction of sp³-hybridized carbons (Fsp3) is 1.00. The molecule has 15 heavy (non-hydrogen) atoms. The third-order valence-electron chi connectivity index (χ3n) is 3.64. The van der Waals surface area contributed by atoms with Gasteiger partial charge in [-0.15, -0.1) is 0 Å². The summed E-state index contributed by atoms with van der Waals surface area (Å²) >= 11 is 2.00. The Morgan fingerprint density at radius 1 is 1.40 bits per heavy atom. The van der Waals surface area contributed by atoms with Crippen LogP contribution in [0.15, 0.2) is 0 Å². The Kier molecular flexibility index (Phi) is 4.31. The first kappa shape index (κ1) is 11.7. The lowest BCUT2D eigenvalue weighted by molar-refractivity contribution is 0.0185. The number of ether oxygens (including phenoxy) is 1. The molecule has 2 fully saturated rings. The van der Waals surface area contributed by atoms with Gasteiger partial charge < -0.3 is 10.1 Å². The molecule has 1 N–H and O–H groups in total. The molecule has 0 aromatic carbocycles. The number of hydrogen-bond acceptors (Lipinski definition) is 4. The van der Waals surface area contributed by atoms with E-state index in [0.29, 0.717) is 6.10 Å². The summed E-state index contributed by atoms with van der Waals surface area (Å²) in [7, 11) is 1.84. The van der Waals surface area contributed by atoms with E-state index < -0.39 is 0 Å². The molecule has 0 radical (unpaired) electrons. The smallest absolute Gasteiger partial charge is 0.0698 e. The molecule has 3 atom stereocenters. The molecule has 0 aromatic rings. The van der Waals surface area contributed by atoms with Gasteiger partial charge in [-0.1, -0.05) is 0 Å². The second kappa shape index (κ2) is 5.53. The molecule has 0 saturated carbocycles. The van der Waals surface area contributed by atoms with Crippen molar-refractivity contribution >= 4 is 11.8 Å². The summed E-state index contributed by atoms with van der Waals surface area (Å²) in [4.78, 5) is 2.62. The van der Waals surface area contributed by atoms with Gasteiger partial charge in [0.05, 0.1) is 6.10 Å². The molecule has 2 heterocycles. The lowest BCUT2D eigenvalue weighted by Crippen LogP contribution is -2.49. The van der Waals surface area contributed by atoms with Gasteiger partial charge in [-0.25, -0.2) is 0 Å². The summed E-state index contributed by atoms with van der Waals surface area (Å²) in [5.41, 5.74) is 0. The van der Waals surface area contributed by atoms with Crippen molar-refractivity contribution in [2.75, 3.05) is 39.5 Å². The second-order valence-electron chi connectivity index (χ2n) is 4.49. The Bertz CT molecular complexity index is 203. The number of thioether (sulfide) groups is 1. The summed E-state index contributed by atoms with van der Waals surface area (Å²) < 4.78 is 5.48. The van der Waals surface area contributed by atoms with Crippen molar-refractivity contribution in [3.8, 4) is 0 Å². The standard InChI is InChI=1S/C11H22N2OS/c1-14-9-4-3-5-13(8-9)10-6-12-7-11(10)15-2/h9-12H,3-8H2,1-2H3. The zero-order valence-electron chi connectivity index (χ0n) is 9.74. The van der Waals surface area contributed by atoms with E-state index in [0.717, 1.165) is 24.4 Å². The van der Waals surface area contributed by atoms with Gasteiger partial charge in [-0.2, -0.15) is 11.8 Å². The van der Waals surface area contributed by atoms with E-state index in [2.05, 4.69) is 16.5 Å². The number of piperidine rings is 1. The maximum atomic E-state index is 5.48. The van der Waals surface area contributed by atoms with E-state index in [9.17, 15) is 0 Å². The summed E-state index contributed by atoms with van der Waals surface area (Å²) in [6.45, 7) is 4.70. The number of nitrogens with zero attached hydrogens (tertiary/aromatic N) is 1. The van der Waals surface area contributed by atoms with Crippen LogP contribution in [0.5, 0.6) is 0 Å². The number of nitrogens with one attached hydrogen (secondary N) is 1. The molecule has 0 aliphatic carbocycles. The van der Waals surface area contributed by atoms with E-state index in [4.69, 9.17) is 4.74 Å². The predicted molar refractivity (Wildman–Crippen MR) is 65.6 cm³/mol. The first-order valence-electron chi connectivity index (χ1n) is 5.85. The molecule has 3 unspecified atom stereocenters. The Balaban J connectivity index is 1.91. The molecule has 0 aromatic heterocycles. The van der Waals surface area contributed by atoms with E-state index in [1.54, 1.807) is 0 Å². The number of hydrogen-bond donors (Lipinski definition) is 1. The quantitative estimate of drug-likeness (QED) is 0.775. The lowest BCUT2D eigenvalue weighted by Gasteiger charge is -2.37. The minimum atomic E-state index is 0.460. The van der Waals surface area contributed by atoms with Crippen LogP contribution in [0, 0.1) is 0 Å². The zero-order valence-corrected chi connectivity index (χ0v) is 10.6. The van der Waals surface area contributed by atoms with Gasteiger partial charge in [-0.05, 0) is 25.6 Å². The Morgan fingerprint density at radius 3 is 3.00 bits per heavy atom. The third kappa shape index (κ3) is 2.67. The average molecular weight is 230 g/mol. The zero-order chi connectivity index (χ0) is 10.7. The number of likely N-dealkylation sites (tertiary alicyclic amines) is 1. The molecule has 0 bridgehead atoms.